The number of fused-ring (bicyclic) bond motifs is 1. The average Bonchev–Trinajstić information content (AvgIpc) is 3.03. The predicted molar refractivity (Wildman–Crippen MR) is 119 cm³/mol. The number of nitrogens with one attached hydrogen (secondary N) is 3. The van der Waals surface area contributed by atoms with Gasteiger partial charge in [0.1, 0.15) is 6.04 Å². The summed E-state index contributed by atoms with van der Waals surface area (Å²) in [6, 6.07) is 3.70. The fraction of sp³-hybridized carbons (Fsp3) is 0.364. The first-order valence-corrected chi connectivity index (χ1v) is 10.8. The van der Waals surface area contributed by atoms with Crippen LogP contribution in [0.15, 0.2) is 41.0 Å². The lowest BCUT2D eigenvalue weighted by Crippen LogP contribution is -2.52. The monoisotopic (exact) mass is 457 g/mol. The number of carbonyl (C=O) groups excluding carboxylic acids is 4. The Morgan fingerprint density at radius 2 is 2.09 bits per heavy atom. The first-order chi connectivity index (χ1) is 15.3. The van der Waals surface area contributed by atoms with Crippen molar-refractivity contribution in [3.8, 4) is 0 Å². The molecule has 1 saturated heterocycles. The molecule has 0 radical (unpaired) electrons. The van der Waals surface area contributed by atoms with Crippen molar-refractivity contribution in [1.29, 1.82) is 0 Å². The zero-order chi connectivity index (χ0) is 22.8. The van der Waals surface area contributed by atoms with Gasteiger partial charge in [-0.25, -0.2) is 4.79 Å². The van der Waals surface area contributed by atoms with Gasteiger partial charge >= 0.3 is 6.03 Å². The lowest BCUT2D eigenvalue weighted by molar-refractivity contribution is -0.136. The Labute approximate surface area is 190 Å². The highest BCUT2D eigenvalue weighted by Crippen LogP contribution is 2.29. The molecule has 0 spiro atoms. The summed E-state index contributed by atoms with van der Waals surface area (Å²) in [4.78, 5) is 50.3. The maximum Gasteiger partial charge on any atom is 0.319 e. The third-order valence-electron chi connectivity index (χ3n) is 5.75. The summed E-state index contributed by atoms with van der Waals surface area (Å²) in [7, 11) is 0. The van der Waals surface area contributed by atoms with Crippen molar-refractivity contribution in [3.05, 3.63) is 52.1 Å². The summed E-state index contributed by atoms with van der Waals surface area (Å²) in [5.74, 6) is -1.04. The van der Waals surface area contributed by atoms with Gasteiger partial charge in [-0.1, -0.05) is 17.2 Å². The molecule has 5 N–H and O–H groups in total. The van der Waals surface area contributed by atoms with E-state index in [2.05, 4.69) is 16.0 Å². The van der Waals surface area contributed by atoms with E-state index in [4.69, 9.17) is 17.3 Å². The number of nitrogens with zero attached hydrogens (tertiary/aromatic N) is 1. The summed E-state index contributed by atoms with van der Waals surface area (Å²) in [6.07, 6.45) is 5.50. The van der Waals surface area contributed by atoms with Crippen molar-refractivity contribution in [2.45, 2.75) is 44.3 Å². The molecular weight excluding hydrogens is 434 g/mol. The first-order valence-electron chi connectivity index (χ1n) is 10.5. The van der Waals surface area contributed by atoms with Crippen LogP contribution in [-0.2, 0) is 16.1 Å². The number of imide groups is 1. The lowest BCUT2D eigenvalue weighted by atomic mass is 9.98. The SMILES string of the molecule is NCCC1=CC(Cl)=CC(NC(=O)Nc2ccc3c(c2)CN(C2CCC(=O)NC2=O)C3=O)C1. The highest BCUT2D eigenvalue weighted by atomic mass is 35.5. The number of hydrogen-bond donors (Lipinski definition) is 4. The summed E-state index contributed by atoms with van der Waals surface area (Å²) in [5, 5.41) is 8.51. The first kappa shape index (κ1) is 22.0. The number of piperidine rings is 1. The maximum atomic E-state index is 12.8. The number of benzene rings is 1. The van der Waals surface area contributed by atoms with Crippen LogP contribution < -0.4 is 21.7 Å². The Hall–Kier alpha value is -3.17. The summed E-state index contributed by atoms with van der Waals surface area (Å²) in [6.45, 7) is 0.754. The minimum absolute atomic E-state index is 0.200. The van der Waals surface area contributed by atoms with Crippen molar-refractivity contribution < 1.29 is 19.2 Å². The van der Waals surface area contributed by atoms with E-state index in [1.807, 2.05) is 6.08 Å². The van der Waals surface area contributed by atoms with Gasteiger partial charge in [-0.2, -0.15) is 0 Å². The summed E-state index contributed by atoms with van der Waals surface area (Å²) in [5.41, 5.74) is 8.42. The molecule has 9 nitrogen and oxygen atoms in total. The number of amides is 5. The van der Waals surface area contributed by atoms with Gasteiger partial charge < -0.3 is 21.3 Å². The number of anilines is 1. The Bertz CT molecular complexity index is 1050. The quantitative estimate of drug-likeness (QED) is 0.500. The molecule has 2 heterocycles. The fourth-order valence-electron chi connectivity index (χ4n) is 4.28. The molecule has 1 aliphatic carbocycles. The molecule has 2 aliphatic heterocycles. The van der Waals surface area contributed by atoms with Crippen LogP contribution in [0.1, 0.15) is 41.6 Å². The van der Waals surface area contributed by atoms with E-state index in [9.17, 15) is 19.2 Å². The normalized spacial score (nSPS) is 22.7. The molecule has 10 heteroatoms. The fourth-order valence-corrected chi connectivity index (χ4v) is 4.58. The minimum Gasteiger partial charge on any atom is -0.331 e. The van der Waals surface area contributed by atoms with E-state index in [1.54, 1.807) is 24.3 Å². The Kier molecular flexibility index (Phi) is 6.29. The minimum atomic E-state index is -0.675. The second kappa shape index (κ2) is 9.13. The van der Waals surface area contributed by atoms with E-state index < -0.39 is 18.0 Å². The number of nitrogens with two attached hydrogens (primary N) is 1. The van der Waals surface area contributed by atoms with E-state index >= 15 is 0 Å². The van der Waals surface area contributed by atoms with E-state index in [0.29, 0.717) is 47.7 Å². The molecule has 0 saturated carbocycles. The number of allylic oxidation sites excluding steroid dienone is 2. The molecule has 32 heavy (non-hydrogen) atoms. The van der Waals surface area contributed by atoms with Gasteiger partial charge in [0.15, 0.2) is 0 Å². The maximum absolute atomic E-state index is 12.8. The zero-order valence-electron chi connectivity index (χ0n) is 17.3. The molecule has 2 atom stereocenters. The van der Waals surface area contributed by atoms with Crippen molar-refractivity contribution in [1.82, 2.24) is 15.5 Å². The van der Waals surface area contributed by atoms with Crippen molar-refractivity contribution in [2.24, 2.45) is 5.73 Å². The van der Waals surface area contributed by atoms with Crippen molar-refractivity contribution >= 4 is 41.0 Å². The standard InChI is InChI=1S/C22H24ClN5O4/c23-14-7-12(5-6-24)8-16(10-14)26-22(32)25-15-1-2-17-13(9-15)11-28(21(17)31)18-3-4-19(29)27-20(18)30/h1-2,7,9-10,16,18H,3-6,8,11,24H2,(H2,25,26,32)(H,27,29,30). The highest BCUT2D eigenvalue weighted by molar-refractivity contribution is 6.31. The molecule has 3 aliphatic rings. The molecule has 168 valence electrons. The number of urea groups is 1. The van der Waals surface area contributed by atoms with Crippen molar-refractivity contribution in [2.75, 3.05) is 11.9 Å². The zero-order valence-corrected chi connectivity index (χ0v) is 18.1. The highest BCUT2D eigenvalue weighted by Gasteiger charge is 2.39. The van der Waals surface area contributed by atoms with E-state index in [0.717, 1.165) is 5.57 Å². The summed E-state index contributed by atoms with van der Waals surface area (Å²) >= 11 is 6.15. The van der Waals surface area contributed by atoms with Gasteiger partial charge in [0.25, 0.3) is 5.91 Å². The number of hydrogen-bond acceptors (Lipinski definition) is 5. The smallest absolute Gasteiger partial charge is 0.319 e. The number of rotatable bonds is 5. The van der Waals surface area contributed by atoms with Crippen LogP contribution >= 0.6 is 11.6 Å². The van der Waals surface area contributed by atoms with Crippen LogP contribution in [0.25, 0.3) is 0 Å². The lowest BCUT2D eigenvalue weighted by Gasteiger charge is -2.29. The van der Waals surface area contributed by atoms with E-state index in [-0.39, 0.29) is 30.8 Å². The molecule has 1 aromatic carbocycles. The van der Waals surface area contributed by atoms with Crippen LogP contribution in [-0.4, -0.2) is 47.3 Å². The summed E-state index contributed by atoms with van der Waals surface area (Å²) < 4.78 is 0. The van der Waals surface area contributed by atoms with Gasteiger partial charge in [-0.05, 0) is 61.7 Å². The van der Waals surface area contributed by atoms with Crippen LogP contribution in [0.5, 0.6) is 0 Å². The second-order valence-corrected chi connectivity index (χ2v) is 8.51. The predicted octanol–water partition coefficient (Wildman–Crippen LogP) is 1.74. The molecule has 4 rings (SSSR count). The van der Waals surface area contributed by atoms with Gasteiger partial charge in [0, 0.05) is 29.2 Å². The van der Waals surface area contributed by atoms with Gasteiger partial charge in [0.05, 0.1) is 6.04 Å². The van der Waals surface area contributed by atoms with Crippen LogP contribution in [0.3, 0.4) is 0 Å². The molecule has 0 bridgehead atoms. The number of carbonyl (C=O) groups is 4. The van der Waals surface area contributed by atoms with Gasteiger partial charge in [-0.3, -0.25) is 19.7 Å². The average molecular weight is 458 g/mol. The third-order valence-corrected chi connectivity index (χ3v) is 5.98. The molecule has 1 fully saturated rings. The molecule has 5 amide bonds. The topological polar surface area (TPSA) is 134 Å². The Morgan fingerprint density at radius 1 is 1.28 bits per heavy atom. The molecule has 2 unspecified atom stereocenters. The largest absolute Gasteiger partial charge is 0.331 e. The van der Waals surface area contributed by atoms with Gasteiger partial charge in [0.2, 0.25) is 11.8 Å². The Morgan fingerprint density at radius 3 is 2.84 bits per heavy atom. The molecule has 1 aromatic rings. The van der Waals surface area contributed by atoms with Crippen LogP contribution in [0.4, 0.5) is 10.5 Å². The molecule has 0 aromatic heterocycles. The Balaban J connectivity index is 1.39. The second-order valence-electron chi connectivity index (χ2n) is 8.07. The van der Waals surface area contributed by atoms with Gasteiger partial charge in [-0.15, -0.1) is 0 Å². The van der Waals surface area contributed by atoms with Crippen LogP contribution in [0, 0.1) is 0 Å². The van der Waals surface area contributed by atoms with Crippen molar-refractivity contribution in [3.63, 3.8) is 0 Å². The number of halogens is 1. The van der Waals surface area contributed by atoms with E-state index in [1.165, 1.54) is 4.90 Å². The molecular formula is C22H24ClN5O4. The van der Waals surface area contributed by atoms with Crippen LogP contribution in [0.2, 0.25) is 0 Å². The third kappa shape index (κ3) is 4.68.